The van der Waals surface area contributed by atoms with Gasteiger partial charge in [0, 0.05) is 18.8 Å². The van der Waals surface area contributed by atoms with E-state index in [9.17, 15) is 9.18 Å². The van der Waals surface area contributed by atoms with E-state index in [-0.39, 0.29) is 17.4 Å². The smallest absolute Gasteiger partial charge is 0.250 e. The molecule has 1 atom stereocenters. The van der Waals surface area contributed by atoms with E-state index in [0.29, 0.717) is 6.54 Å². The number of pyridine rings is 2. The first kappa shape index (κ1) is 15.2. The van der Waals surface area contributed by atoms with Crippen LogP contribution in [0, 0.1) is 5.82 Å². The third-order valence-corrected chi connectivity index (χ3v) is 3.30. The number of rotatable bonds is 6. The molecule has 0 spiro atoms. The number of aryl methyl sites for hydroxylation is 1. The van der Waals surface area contributed by atoms with Crippen LogP contribution in [0.4, 0.5) is 10.1 Å². The van der Waals surface area contributed by atoms with Crippen molar-refractivity contribution in [3.05, 3.63) is 58.5 Å². The van der Waals surface area contributed by atoms with Gasteiger partial charge in [0.1, 0.15) is 5.82 Å². The second-order valence-electron chi connectivity index (χ2n) is 4.96. The molecule has 0 amide bonds. The van der Waals surface area contributed by atoms with E-state index in [0.717, 1.165) is 24.2 Å². The fourth-order valence-electron chi connectivity index (χ4n) is 2.21. The Kier molecular flexibility index (Phi) is 5.09. The molecule has 0 radical (unpaired) electrons. The highest BCUT2D eigenvalue weighted by atomic mass is 19.1. The standard InChI is InChI=1S/C16H20FN3O/c1-3-9-20-11-13(6-8-16(20)21)19-14(4-2)15-7-5-12(17)10-18-15/h5-8,10-11,14,19H,3-4,9H2,1-2H3. The molecule has 2 aromatic heterocycles. The minimum absolute atomic E-state index is 0.00430. The van der Waals surface area contributed by atoms with Crippen molar-refractivity contribution in [1.29, 1.82) is 0 Å². The second kappa shape index (κ2) is 7.02. The molecule has 2 rings (SSSR count). The summed E-state index contributed by atoms with van der Waals surface area (Å²) in [7, 11) is 0. The number of halogens is 1. The minimum atomic E-state index is -0.343. The molecule has 21 heavy (non-hydrogen) atoms. The molecule has 0 aromatic carbocycles. The predicted octanol–water partition coefficient (Wildman–Crippen LogP) is 3.36. The van der Waals surface area contributed by atoms with Crippen molar-refractivity contribution in [3.63, 3.8) is 0 Å². The summed E-state index contributed by atoms with van der Waals surface area (Å²) < 4.78 is 14.6. The molecule has 0 aliphatic heterocycles. The summed E-state index contributed by atoms with van der Waals surface area (Å²) >= 11 is 0. The SMILES string of the molecule is CCCn1cc(NC(CC)c2ccc(F)cn2)ccc1=O. The summed E-state index contributed by atoms with van der Waals surface area (Å²) in [4.78, 5) is 15.8. The predicted molar refractivity (Wildman–Crippen MR) is 81.8 cm³/mol. The van der Waals surface area contributed by atoms with Crippen molar-refractivity contribution in [2.75, 3.05) is 5.32 Å². The van der Waals surface area contributed by atoms with E-state index in [1.54, 1.807) is 22.8 Å². The fourth-order valence-corrected chi connectivity index (χ4v) is 2.21. The third-order valence-electron chi connectivity index (χ3n) is 3.30. The molecule has 0 fully saturated rings. The number of nitrogens with zero attached hydrogens (tertiary/aromatic N) is 2. The molecule has 2 heterocycles. The molecule has 0 saturated heterocycles. The molecule has 112 valence electrons. The number of hydrogen-bond donors (Lipinski definition) is 1. The topological polar surface area (TPSA) is 46.9 Å². The van der Waals surface area contributed by atoms with Gasteiger partial charge in [0.2, 0.25) is 0 Å². The van der Waals surface area contributed by atoms with Gasteiger partial charge in [-0.05, 0) is 31.0 Å². The van der Waals surface area contributed by atoms with Gasteiger partial charge < -0.3 is 9.88 Å². The van der Waals surface area contributed by atoms with Crippen LogP contribution in [0.25, 0.3) is 0 Å². The molecular formula is C16H20FN3O. The average molecular weight is 289 g/mol. The van der Waals surface area contributed by atoms with Crippen molar-refractivity contribution in [2.24, 2.45) is 0 Å². The number of nitrogens with one attached hydrogen (secondary N) is 1. The number of aromatic nitrogens is 2. The Morgan fingerprint density at radius 3 is 2.71 bits per heavy atom. The van der Waals surface area contributed by atoms with Gasteiger partial charge in [-0.3, -0.25) is 9.78 Å². The monoisotopic (exact) mass is 289 g/mol. The maximum atomic E-state index is 12.9. The first-order chi connectivity index (χ1) is 10.1. The summed E-state index contributed by atoms with van der Waals surface area (Å²) in [5, 5.41) is 3.35. The van der Waals surface area contributed by atoms with Crippen molar-refractivity contribution in [1.82, 2.24) is 9.55 Å². The molecule has 2 aromatic rings. The van der Waals surface area contributed by atoms with E-state index in [4.69, 9.17) is 0 Å². The van der Waals surface area contributed by atoms with Gasteiger partial charge in [-0.2, -0.15) is 0 Å². The maximum absolute atomic E-state index is 12.9. The van der Waals surface area contributed by atoms with E-state index in [1.807, 2.05) is 20.0 Å². The average Bonchev–Trinajstić information content (AvgIpc) is 2.49. The van der Waals surface area contributed by atoms with Gasteiger partial charge >= 0.3 is 0 Å². The van der Waals surface area contributed by atoms with E-state index in [2.05, 4.69) is 10.3 Å². The van der Waals surface area contributed by atoms with Crippen LogP contribution in [0.15, 0.2) is 41.5 Å². The zero-order valence-electron chi connectivity index (χ0n) is 12.3. The maximum Gasteiger partial charge on any atom is 0.250 e. The molecule has 5 heteroatoms. The van der Waals surface area contributed by atoms with Crippen LogP contribution in [0.3, 0.4) is 0 Å². The van der Waals surface area contributed by atoms with Gasteiger partial charge in [-0.1, -0.05) is 13.8 Å². The summed E-state index contributed by atoms with van der Waals surface area (Å²) in [6.07, 6.45) is 4.75. The Bertz CT molecular complexity index is 637. The largest absolute Gasteiger partial charge is 0.375 e. The summed E-state index contributed by atoms with van der Waals surface area (Å²) in [5.41, 5.74) is 1.64. The molecule has 1 unspecified atom stereocenters. The molecule has 0 aliphatic rings. The first-order valence-corrected chi connectivity index (χ1v) is 7.22. The Labute approximate surface area is 123 Å². The van der Waals surface area contributed by atoms with Gasteiger partial charge in [0.05, 0.1) is 23.6 Å². The molecule has 0 bridgehead atoms. The lowest BCUT2D eigenvalue weighted by atomic mass is 10.1. The normalized spacial score (nSPS) is 12.1. The summed E-state index contributed by atoms with van der Waals surface area (Å²) in [6, 6.07) is 6.39. The van der Waals surface area contributed by atoms with Gasteiger partial charge in [-0.25, -0.2) is 4.39 Å². The van der Waals surface area contributed by atoms with Crippen LogP contribution in [-0.2, 0) is 6.54 Å². The lowest BCUT2D eigenvalue weighted by Gasteiger charge is -2.18. The summed E-state index contributed by atoms with van der Waals surface area (Å²) in [6.45, 7) is 4.76. The van der Waals surface area contributed by atoms with Crippen LogP contribution >= 0.6 is 0 Å². The molecule has 0 aliphatic carbocycles. The van der Waals surface area contributed by atoms with Crippen molar-refractivity contribution < 1.29 is 4.39 Å². The highest BCUT2D eigenvalue weighted by molar-refractivity contribution is 5.42. The fraction of sp³-hybridized carbons (Fsp3) is 0.375. The van der Waals surface area contributed by atoms with Gasteiger partial charge in [0.25, 0.3) is 5.56 Å². The molecule has 0 saturated carbocycles. The lowest BCUT2D eigenvalue weighted by Crippen LogP contribution is -2.20. The van der Waals surface area contributed by atoms with Gasteiger partial charge in [0.15, 0.2) is 0 Å². The highest BCUT2D eigenvalue weighted by Crippen LogP contribution is 2.20. The number of anilines is 1. The van der Waals surface area contributed by atoms with Gasteiger partial charge in [-0.15, -0.1) is 0 Å². The van der Waals surface area contributed by atoms with Crippen molar-refractivity contribution >= 4 is 5.69 Å². The Hall–Kier alpha value is -2.17. The van der Waals surface area contributed by atoms with Crippen molar-refractivity contribution in [3.8, 4) is 0 Å². The van der Waals surface area contributed by atoms with E-state index >= 15 is 0 Å². The quantitative estimate of drug-likeness (QED) is 0.887. The van der Waals surface area contributed by atoms with E-state index < -0.39 is 0 Å². The minimum Gasteiger partial charge on any atom is -0.375 e. The highest BCUT2D eigenvalue weighted by Gasteiger charge is 2.11. The van der Waals surface area contributed by atoms with E-state index in [1.165, 1.54) is 12.3 Å². The van der Waals surface area contributed by atoms with Crippen LogP contribution in [-0.4, -0.2) is 9.55 Å². The third kappa shape index (κ3) is 3.90. The molecule has 4 nitrogen and oxygen atoms in total. The first-order valence-electron chi connectivity index (χ1n) is 7.22. The zero-order chi connectivity index (χ0) is 15.2. The Morgan fingerprint density at radius 2 is 2.10 bits per heavy atom. The Balaban J connectivity index is 2.20. The second-order valence-corrected chi connectivity index (χ2v) is 4.96. The van der Waals surface area contributed by atoms with Crippen LogP contribution in [0.5, 0.6) is 0 Å². The number of hydrogen-bond acceptors (Lipinski definition) is 3. The molecular weight excluding hydrogens is 269 g/mol. The zero-order valence-corrected chi connectivity index (χ0v) is 12.3. The molecule has 1 N–H and O–H groups in total. The Morgan fingerprint density at radius 1 is 1.29 bits per heavy atom. The van der Waals surface area contributed by atoms with Crippen LogP contribution in [0.1, 0.15) is 38.4 Å². The van der Waals surface area contributed by atoms with Crippen molar-refractivity contribution in [2.45, 2.75) is 39.3 Å². The van der Waals surface area contributed by atoms with Crippen LogP contribution < -0.4 is 10.9 Å². The van der Waals surface area contributed by atoms with Crippen LogP contribution in [0.2, 0.25) is 0 Å². The summed E-state index contributed by atoms with van der Waals surface area (Å²) in [5.74, 6) is -0.343. The lowest BCUT2D eigenvalue weighted by molar-refractivity contribution is 0.614.